The number of H-pyrrole nitrogens is 1. The van der Waals surface area contributed by atoms with Gasteiger partial charge in [0.15, 0.2) is 0 Å². The maximum atomic E-state index is 12.3. The van der Waals surface area contributed by atoms with Crippen LogP contribution in [0.25, 0.3) is 20.8 Å². The van der Waals surface area contributed by atoms with Crippen molar-refractivity contribution in [1.29, 1.82) is 0 Å². The number of benzene rings is 1. The fourth-order valence-electron chi connectivity index (χ4n) is 2.92. The van der Waals surface area contributed by atoms with Crippen LogP contribution in [0, 0.1) is 0 Å². The Kier molecular flexibility index (Phi) is 4.41. The van der Waals surface area contributed by atoms with Gasteiger partial charge in [-0.05, 0) is 18.2 Å². The van der Waals surface area contributed by atoms with Gasteiger partial charge in [0.2, 0.25) is 0 Å². The highest BCUT2D eigenvalue weighted by Gasteiger charge is 2.35. The number of aromatic nitrogens is 3. The number of aliphatic hydroxyl groups excluding tert-OH is 2. The summed E-state index contributed by atoms with van der Waals surface area (Å²) >= 11 is 7.26. The van der Waals surface area contributed by atoms with Crippen LogP contribution in [0.1, 0.15) is 12.6 Å². The molecule has 1 aromatic carbocycles. The van der Waals surface area contributed by atoms with Crippen molar-refractivity contribution in [1.82, 2.24) is 14.5 Å². The molecule has 0 saturated carbocycles. The van der Waals surface area contributed by atoms with E-state index in [1.54, 1.807) is 18.2 Å². The highest BCUT2D eigenvalue weighted by Crippen LogP contribution is 2.31. The van der Waals surface area contributed by atoms with Crippen molar-refractivity contribution in [3.05, 3.63) is 50.3 Å². The Morgan fingerprint density at radius 2 is 2.23 bits per heavy atom. The minimum Gasteiger partial charge on any atom is -0.394 e. The lowest BCUT2D eigenvalue weighted by molar-refractivity contribution is -0.0458. The molecule has 0 aliphatic carbocycles. The SMILES string of the molecule is O=c1[nH]c(=O)n([C@H]2C[C@H](O)[C@@H](CO)O2)cc1-c1nc2ccc(Cl)cc2s1. The van der Waals surface area contributed by atoms with Crippen LogP contribution in [0.3, 0.4) is 0 Å². The standard InChI is InChI=1S/C16H14ClN3O5S/c17-7-1-2-9-12(3-7)26-15(18-9)8-5-20(16(24)19-14(8)23)13-4-10(22)11(6-21)25-13/h1-3,5,10-11,13,21-22H,4,6H2,(H,19,23,24)/t10-,11+,13+/m0/s1. The number of nitrogens with zero attached hydrogens (tertiary/aromatic N) is 2. The molecule has 0 amide bonds. The molecule has 3 heterocycles. The van der Waals surface area contributed by atoms with E-state index in [0.717, 1.165) is 4.70 Å². The number of ether oxygens (including phenoxy) is 1. The molecule has 0 bridgehead atoms. The lowest BCUT2D eigenvalue weighted by atomic mass is 10.2. The predicted molar refractivity (Wildman–Crippen MR) is 96.6 cm³/mol. The number of hydrogen-bond acceptors (Lipinski definition) is 7. The Labute approximate surface area is 155 Å². The van der Waals surface area contributed by atoms with Gasteiger partial charge in [0, 0.05) is 17.6 Å². The van der Waals surface area contributed by atoms with Gasteiger partial charge in [-0.25, -0.2) is 9.78 Å². The summed E-state index contributed by atoms with van der Waals surface area (Å²) in [5.41, 5.74) is -0.306. The third-order valence-corrected chi connectivity index (χ3v) is 5.53. The summed E-state index contributed by atoms with van der Waals surface area (Å²) in [6.45, 7) is -0.360. The summed E-state index contributed by atoms with van der Waals surface area (Å²) < 4.78 is 7.52. The zero-order valence-corrected chi connectivity index (χ0v) is 14.8. The van der Waals surface area contributed by atoms with E-state index in [1.165, 1.54) is 22.1 Å². The van der Waals surface area contributed by atoms with Crippen LogP contribution in [-0.4, -0.2) is 43.6 Å². The predicted octanol–water partition coefficient (Wildman–Crippen LogP) is 1.11. The van der Waals surface area contributed by atoms with E-state index in [0.29, 0.717) is 15.5 Å². The zero-order chi connectivity index (χ0) is 18.4. The summed E-state index contributed by atoms with van der Waals surface area (Å²) in [6.07, 6.45) is -0.943. The third-order valence-electron chi connectivity index (χ3n) is 4.24. The first-order chi connectivity index (χ1) is 12.5. The molecular formula is C16H14ClN3O5S. The van der Waals surface area contributed by atoms with Crippen LogP contribution in [0.2, 0.25) is 5.02 Å². The average Bonchev–Trinajstić information content (AvgIpc) is 3.17. The number of rotatable bonds is 3. The number of halogens is 1. The van der Waals surface area contributed by atoms with E-state index in [1.807, 2.05) is 0 Å². The minimum absolute atomic E-state index is 0.131. The van der Waals surface area contributed by atoms with Gasteiger partial charge in [-0.2, -0.15) is 0 Å². The molecule has 3 atom stereocenters. The largest absolute Gasteiger partial charge is 0.394 e. The number of nitrogens with one attached hydrogen (secondary N) is 1. The van der Waals surface area contributed by atoms with Gasteiger partial charge in [0.25, 0.3) is 5.56 Å². The van der Waals surface area contributed by atoms with Crippen LogP contribution < -0.4 is 11.2 Å². The Morgan fingerprint density at radius 1 is 1.42 bits per heavy atom. The molecule has 1 aliphatic rings. The number of aliphatic hydroxyl groups is 2. The summed E-state index contributed by atoms with van der Waals surface area (Å²) in [5, 5.41) is 20.1. The number of hydrogen-bond donors (Lipinski definition) is 3. The van der Waals surface area contributed by atoms with Crippen LogP contribution in [0.5, 0.6) is 0 Å². The topological polar surface area (TPSA) is 117 Å². The molecule has 8 nitrogen and oxygen atoms in total. The summed E-state index contributed by atoms with van der Waals surface area (Å²) in [5.74, 6) is 0. The van der Waals surface area contributed by atoms with Crippen molar-refractivity contribution in [2.75, 3.05) is 6.61 Å². The molecule has 1 fully saturated rings. The smallest absolute Gasteiger partial charge is 0.330 e. The first kappa shape index (κ1) is 17.4. The second kappa shape index (κ2) is 6.60. The Hall–Kier alpha value is -2.04. The molecule has 4 rings (SSSR count). The lowest BCUT2D eigenvalue weighted by Gasteiger charge is -2.14. The molecule has 0 spiro atoms. The van der Waals surface area contributed by atoms with E-state index >= 15 is 0 Å². The second-order valence-corrected chi connectivity index (χ2v) is 7.42. The van der Waals surface area contributed by atoms with Gasteiger partial charge in [0.1, 0.15) is 17.3 Å². The van der Waals surface area contributed by atoms with Crippen molar-refractivity contribution in [2.24, 2.45) is 0 Å². The van der Waals surface area contributed by atoms with Crippen LogP contribution in [0.4, 0.5) is 0 Å². The Bertz CT molecular complexity index is 1090. The molecule has 1 aliphatic heterocycles. The van der Waals surface area contributed by atoms with Crippen molar-refractivity contribution >= 4 is 33.2 Å². The van der Waals surface area contributed by atoms with Gasteiger partial charge < -0.3 is 14.9 Å². The minimum atomic E-state index is -0.892. The van der Waals surface area contributed by atoms with Crippen LogP contribution in [-0.2, 0) is 4.74 Å². The normalized spacial score (nSPS) is 23.0. The van der Waals surface area contributed by atoms with Gasteiger partial charge in [-0.3, -0.25) is 14.3 Å². The highest BCUT2D eigenvalue weighted by atomic mass is 35.5. The van der Waals surface area contributed by atoms with Crippen LogP contribution >= 0.6 is 22.9 Å². The summed E-state index contributed by atoms with van der Waals surface area (Å²) in [4.78, 5) is 31.1. The van der Waals surface area contributed by atoms with E-state index in [9.17, 15) is 19.8 Å². The van der Waals surface area contributed by atoms with Gasteiger partial charge in [-0.1, -0.05) is 11.6 Å². The Morgan fingerprint density at radius 3 is 2.96 bits per heavy atom. The van der Waals surface area contributed by atoms with E-state index < -0.39 is 29.7 Å². The van der Waals surface area contributed by atoms with Crippen molar-refractivity contribution < 1.29 is 14.9 Å². The van der Waals surface area contributed by atoms with E-state index in [4.69, 9.17) is 16.3 Å². The molecule has 136 valence electrons. The number of fused-ring (bicyclic) bond motifs is 1. The number of thiazole rings is 1. The van der Waals surface area contributed by atoms with E-state index in [-0.39, 0.29) is 18.6 Å². The van der Waals surface area contributed by atoms with E-state index in [2.05, 4.69) is 9.97 Å². The maximum absolute atomic E-state index is 12.3. The molecule has 3 aromatic rings. The quantitative estimate of drug-likeness (QED) is 0.611. The molecule has 0 radical (unpaired) electrons. The first-order valence-electron chi connectivity index (χ1n) is 7.82. The summed E-state index contributed by atoms with van der Waals surface area (Å²) in [7, 11) is 0. The van der Waals surface area contributed by atoms with Crippen molar-refractivity contribution in [3.63, 3.8) is 0 Å². The third kappa shape index (κ3) is 2.97. The van der Waals surface area contributed by atoms with Crippen molar-refractivity contribution in [2.45, 2.75) is 24.9 Å². The summed E-state index contributed by atoms with van der Waals surface area (Å²) in [6, 6.07) is 5.22. The average molecular weight is 396 g/mol. The zero-order valence-electron chi connectivity index (χ0n) is 13.3. The van der Waals surface area contributed by atoms with Crippen LogP contribution in [0.15, 0.2) is 34.0 Å². The van der Waals surface area contributed by atoms with Gasteiger partial charge in [-0.15, -0.1) is 11.3 Å². The molecule has 3 N–H and O–H groups in total. The fourth-order valence-corrected chi connectivity index (χ4v) is 4.16. The molecule has 0 unspecified atom stereocenters. The molecule has 2 aromatic heterocycles. The number of aromatic amines is 1. The monoisotopic (exact) mass is 395 g/mol. The maximum Gasteiger partial charge on any atom is 0.330 e. The molecular weight excluding hydrogens is 382 g/mol. The first-order valence-corrected chi connectivity index (χ1v) is 9.02. The van der Waals surface area contributed by atoms with Gasteiger partial charge in [0.05, 0.1) is 28.5 Å². The van der Waals surface area contributed by atoms with Gasteiger partial charge >= 0.3 is 5.69 Å². The molecule has 10 heteroatoms. The molecule has 1 saturated heterocycles. The molecule has 26 heavy (non-hydrogen) atoms. The Balaban J connectivity index is 1.79. The van der Waals surface area contributed by atoms with Crippen molar-refractivity contribution in [3.8, 4) is 10.6 Å². The fraction of sp³-hybridized carbons (Fsp3) is 0.312. The lowest BCUT2D eigenvalue weighted by Crippen LogP contribution is -2.33. The highest BCUT2D eigenvalue weighted by molar-refractivity contribution is 7.21. The second-order valence-electron chi connectivity index (χ2n) is 5.96.